The third kappa shape index (κ3) is 9.16. The Labute approximate surface area is 221 Å². The third-order valence-electron chi connectivity index (χ3n) is 5.94. The SMILES string of the molecule is CC(C)C(NC(=O)C(NC(=O)C(N)Cc1ccc(O)cc1)C(C)O)C(=O)NC(Cc1ccccc1)C(=O)O. The Bertz CT molecular complexity index is 1090. The van der Waals surface area contributed by atoms with Crippen molar-refractivity contribution in [2.75, 3.05) is 0 Å². The summed E-state index contributed by atoms with van der Waals surface area (Å²) in [5.74, 6) is -3.83. The zero-order valence-corrected chi connectivity index (χ0v) is 21.6. The lowest BCUT2D eigenvalue weighted by Gasteiger charge is -2.28. The molecule has 0 aromatic heterocycles. The number of hydrogen-bond donors (Lipinski definition) is 7. The number of carboxylic acids is 1. The Morgan fingerprint density at radius 2 is 1.29 bits per heavy atom. The van der Waals surface area contributed by atoms with Crippen LogP contribution in [0.4, 0.5) is 0 Å². The van der Waals surface area contributed by atoms with Gasteiger partial charge in [0.25, 0.3) is 0 Å². The Balaban J connectivity index is 2.06. The highest BCUT2D eigenvalue weighted by molar-refractivity contribution is 5.94. The fraction of sp³-hybridized carbons (Fsp3) is 0.407. The van der Waals surface area contributed by atoms with Crippen molar-refractivity contribution in [2.45, 2.75) is 63.9 Å². The number of aliphatic hydroxyl groups excluding tert-OH is 1. The highest BCUT2D eigenvalue weighted by atomic mass is 16.4. The van der Waals surface area contributed by atoms with Crippen molar-refractivity contribution in [3.8, 4) is 5.75 Å². The van der Waals surface area contributed by atoms with Crippen LogP contribution in [-0.4, -0.2) is 69.3 Å². The molecule has 0 bridgehead atoms. The van der Waals surface area contributed by atoms with Gasteiger partial charge in [0, 0.05) is 6.42 Å². The lowest BCUT2D eigenvalue weighted by molar-refractivity contribution is -0.142. The molecule has 5 atom stereocenters. The minimum absolute atomic E-state index is 0.0476. The molecule has 0 spiro atoms. The van der Waals surface area contributed by atoms with Gasteiger partial charge < -0.3 is 37.0 Å². The first kappa shape index (κ1) is 30.3. The summed E-state index contributed by atoms with van der Waals surface area (Å²) in [6, 6.07) is 10.1. The Morgan fingerprint density at radius 1 is 0.763 bits per heavy atom. The molecular weight excluding hydrogens is 492 g/mol. The summed E-state index contributed by atoms with van der Waals surface area (Å²) in [6.45, 7) is 4.64. The number of nitrogens with one attached hydrogen (secondary N) is 3. The van der Waals surface area contributed by atoms with E-state index in [9.17, 15) is 34.5 Å². The van der Waals surface area contributed by atoms with Crippen LogP contribution >= 0.6 is 0 Å². The molecule has 2 rings (SSSR count). The van der Waals surface area contributed by atoms with Gasteiger partial charge in [0.05, 0.1) is 12.1 Å². The second kappa shape index (κ2) is 14.1. The molecule has 0 radical (unpaired) electrons. The van der Waals surface area contributed by atoms with Crippen molar-refractivity contribution >= 4 is 23.7 Å². The first-order valence-electron chi connectivity index (χ1n) is 12.3. The molecule has 11 heteroatoms. The number of amides is 3. The minimum Gasteiger partial charge on any atom is -0.508 e. The maximum absolute atomic E-state index is 13.0. The number of aliphatic hydroxyl groups is 1. The van der Waals surface area contributed by atoms with Gasteiger partial charge in [-0.3, -0.25) is 14.4 Å². The van der Waals surface area contributed by atoms with Crippen LogP contribution in [0.1, 0.15) is 31.9 Å². The van der Waals surface area contributed by atoms with E-state index in [2.05, 4.69) is 16.0 Å². The van der Waals surface area contributed by atoms with Crippen LogP contribution in [0.25, 0.3) is 0 Å². The number of aliphatic carboxylic acids is 1. The monoisotopic (exact) mass is 528 g/mol. The molecule has 0 saturated heterocycles. The van der Waals surface area contributed by atoms with E-state index in [-0.39, 0.29) is 18.6 Å². The van der Waals surface area contributed by atoms with Crippen molar-refractivity contribution in [2.24, 2.45) is 11.7 Å². The lowest BCUT2D eigenvalue weighted by Crippen LogP contribution is -2.61. The highest BCUT2D eigenvalue weighted by Gasteiger charge is 2.33. The summed E-state index contributed by atoms with van der Waals surface area (Å²) >= 11 is 0. The maximum Gasteiger partial charge on any atom is 0.326 e. The van der Waals surface area contributed by atoms with Gasteiger partial charge in [-0.1, -0.05) is 56.3 Å². The molecule has 3 amide bonds. The van der Waals surface area contributed by atoms with Crippen LogP contribution in [0.2, 0.25) is 0 Å². The molecule has 0 aliphatic carbocycles. The topological polar surface area (TPSA) is 191 Å². The quantitative estimate of drug-likeness (QED) is 0.190. The van der Waals surface area contributed by atoms with Gasteiger partial charge in [-0.05, 0) is 42.5 Å². The van der Waals surface area contributed by atoms with E-state index in [0.29, 0.717) is 11.1 Å². The third-order valence-corrected chi connectivity index (χ3v) is 5.94. The van der Waals surface area contributed by atoms with Crippen molar-refractivity contribution in [1.29, 1.82) is 0 Å². The number of rotatable bonds is 13. The molecule has 38 heavy (non-hydrogen) atoms. The summed E-state index contributed by atoms with van der Waals surface area (Å²) in [7, 11) is 0. The number of phenolic OH excluding ortho intramolecular Hbond substituents is 1. The molecule has 8 N–H and O–H groups in total. The molecule has 0 aliphatic rings. The van der Waals surface area contributed by atoms with Crippen molar-refractivity contribution in [3.05, 3.63) is 65.7 Å². The average molecular weight is 529 g/mol. The largest absolute Gasteiger partial charge is 0.508 e. The average Bonchev–Trinajstić information content (AvgIpc) is 2.86. The van der Waals surface area contributed by atoms with Crippen LogP contribution in [0.15, 0.2) is 54.6 Å². The maximum atomic E-state index is 13.0. The van der Waals surface area contributed by atoms with Gasteiger partial charge in [-0.15, -0.1) is 0 Å². The molecule has 0 aliphatic heterocycles. The van der Waals surface area contributed by atoms with Gasteiger partial charge in [0.2, 0.25) is 17.7 Å². The van der Waals surface area contributed by atoms with Crippen LogP contribution in [0.3, 0.4) is 0 Å². The van der Waals surface area contributed by atoms with Crippen molar-refractivity contribution in [3.63, 3.8) is 0 Å². The minimum atomic E-state index is -1.41. The van der Waals surface area contributed by atoms with E-state index in [1.54, 1.807) is 56.3 Å². The van der Waals surface area contributed by atoms with E-state index in [1.165, 1.54) is 19.1 Å². The van der Waals surface area contributed by atoms with Crippen molar-refractivity contribution < 1.29 is 34.5 Å². The van der Waals surface area contributed by atoms with E-state index < -0.39 is 59.9 Å². The number of carbonyl (C=O) groups excluding carboxylic acids is 3. The summed E-state index contributed by atoms with van der Waals surface area (Å²) in [6.07, 6.45) is -1.15. The van der Waals surface area contributed by atoms with Crippen LogP contribution in [0.5, 0.6) is 5.75 Å². The number of phenols is 1. The summed E-state index contributed by atoms with van der Waals surface area (Å²) in [5.41, 5.74) is 7.37. The molecule has 0 heterocycles. The van der Waals surface area contributed by atoms with Gasteiger partial charge in [-0.2, -0.15) is 0 Å². The van der Waals surface area contributed by atoms with Gasteiger partial charge in [0.15, 0.2) is 0 Å². The van der Waals surface area contributed by atoms with Crippen LogP contribution < -0.4 is 21.7 Å². The Morgan fingerprint density at radius 3 is 1.82 bits per heavy atom. The van der Waals surface area contributed by atoms with Gasteiger partial charge in [-0.25, -0.2) is 4.79 Å². The fourth-order valence-electron chi connectivity index (χ4n) is 3.73. The normalized spacial score (nSPS) is 15.0. The molecular formula is C27H36N4O7. The molecule has 11 nitrogen and oxygen atoms in total. The standard InChI is InChI=1S/C27H36N4O7/c1-15(2)22(25(35)29-21(27(37)38)14-17-7-5-4-6-8-17)30-26(36)23(16(3)32)31-24(34)20(28)13-18-9-11-19(33)12-10-18/h4-12,15-16,20-23,32-33H,13-14,28H2,1-3H3,(H,29,35)(H,30,36)(H,31,34)(H,37,38). The zero-order chi connectivity index (χ0) is 28.4. The highest BCUT2D eigenvalue weighted by Crippen LogP contribution is 2.11. The molecule has 2 aromatic rings. The summed E-state index contributed by atoms with van der Waals surface area (Å²) in [4.78, 5) is 50.5. The van der Waals surface area contributed by atoms with Gasteiger partial charge in [0.1, 0.15) is 23.9 Å². The number of hydrogen-bond acceptors (Lipinski definition) is 7. The predicted molar refractivity (Wildman–Crippen MR) is 140 cm³/mol. The van der Waals surface area contributed by atoms with Gasteiger partial charge >= 0.3 is 5.97 Å². The summed E-state index contributed by atoms with van der Waals surface area (Å²) < 4.78 is 0. The van der Waals surface area contributed by atoms with Crippen LogP contribution in [-0.2, 0) is 32.0 Å². The second-order valence-corrected chi connectivity index (χ2v) is 9.52. The first-order chi connectivity index (χ1) is 17.9. The Kier molecular flexibility index (Phi) is 11.2. The molecule has 2 aromatic carbocycles. The van der Waals surface area contributed by atoms with E-state index in [1.807, 2.05) is 0 Å². The van der Waals surface area contributed by atoms with Crippen molar-refractivity contribution in [1.82, 2.24) is 16.0 Å². The number of aromatic hydroxyl groups is 1. The lowest BCUT2D eigenvalue weighted by atomic mass is 10.00. The molecule has 0 saturated carbocycles. The zero-order valence-electron chi connectivity index (χ0n) is 21.6. The van der Waals surface area contributed by atoms with E-state index in [4.69, 9.17) is 5.73 Å². The fourth-order valence-corrected chi connectivity index (χ4v) is 3.73. The van der Waals surface area contributed by atoms with E-state index in [0.717, 1.165) is 0 Å². The van der Waals surface area contributed by atoms with E-state index >= 15 is 0 Å². The molecule has 5 unspecified atom stereocenters. The summed E-state index contributed by atoms with van der Waals surface area (Å²) in [5, 5.41) is 36.6. The number of benzene rings is 2. The first-order valence-corrected chi connectivity index (χ1v) is 12.3. The number of nitrogens with two attached hydrogens (primary N) is 1. The molecule has 0 fully saturated rings. The number of carbonyl (C=O) groups is 4. The number of carboxylic acid groups (broad SMARTS) is 1. The molecule has 206 valence electrons. The second-order valence-electron chi connectivity index (χ2n) is 9.52. The Hall–Kier alpha value is -3.96. The smallest absolute Gasteiger partial charge is 0.326 e. The predicted octanol–water partition coefficient (Wildman–Crippen LogP) is 0.0805. The van der Waals surface area contributed by atoms with Crippen LogP contribution in [0, 0.1) is 5.92 Å².